The van der Waals surface area contributed by atoms with Gasteiger partial charge in [0.1, 0.15) is 11.9 Å². The molecule has 2 aromatic rings. The van der Waals surface area contributed by atoms with E-state index in [0.29, 0.717) is 11.4 Å². The molecule has 0 bridgehead atoms. The number of hydrogen-bond acceptors (Lipinski definition) is 5. The molecule has 0 amide bonds. The van der Waals surface area contributed by atoms with Gasteiger partial charge in [-0.05, 0) is 37.7 Å². The highest BCUT2D eigenvalue weighted by Crippen LogP contribution is 2.25. The van der Waals surface area contributed by atoms with Crippen molar-refractivity contribution in [1.29, 1.82) is 5.26 Å². The first-order chi connectivity index (χ1) is 9.20. The van der Waals surface area contributed by atoms with E-state index in [1.807, 2.05) is 43.7 Å². The number of thiophene rings is 1. The van der Waals surface area contributed by atoms with Crippen LogP contribution in [0.15, 0.2) is 29.6 Å². The van der Waals surface area contributed by atoms with Gasteiger partial charge in [-0.3, -0.25) is 0 Å². The van der Waals surface area contributed by atoms with Crippen molar-refractivity contribution in [2.24, 2.45) is 0 Å². The summed E-state index contributed by atoms with van der Waals surface area (Å²) in [6, 6.07) is 9.91. The largest absolute Gasteiger partial charge is 0.368 e. The van der Waals surface area contributed by atoms with Crippen LogP contribution in [-0.4, -0.2) is 37.1 Å². The summed E-state index contributed by atoms with van der Waals surface area (Å²) in [4.78, 5) is 7.74. The summed E-state index contributed by atoms with van der Waals surface area (Å²) in [5.74, 6) is 0.662. The molecule has 98 valence electrons. The Morgan fingerprint density at radius 1 is 1.37 bits per heavy atom. The fourth-order valence-corrected chi connectivity index (χ4v) is 2.34. The lowest BCUT2D eigenvalue weighted by molar-refractivity contribution is 0.425. The van der Waals surface area contributed by atoms with Gasteiger partial charge in [0.15, 0.2) is 0 Å². The maximum absolute atomic E-state index is 9.11. The van der Waals surface area contributed by atoms with Crippen LogP contribution < -0.4 is 5.32 Å². The van der Waals surface area contributed by atoms with Gasteiger partial charge in [0.05, 0.1) is 16.1 Å². The Labute approximate surface area is 117 Å². The third-order valence-electron chi connectivity index (χ3n) is 2.64. The minimum Gasteiger partial charge on any atom is -0.368 e. The first kappa shape index (κ1) is 13.5. The van der Waals surface area contributed by atoms with Crippen molar-refractivity contribution in [3.63, 3.8) is 0 Å². The van der Waals surface area contributed by atoms with E-state index >= 15 is 0 Å². The van der Waals surface area contributed by atoms with Crippen LogP contribution >= 0.6 is 11.3 Å². The average molecular weight is 272 g/mol. The Balaban J connectivity index is 2.20. The molecule has 2 rings (SSSR count). The third-order valence-corrected chi connectivity index (χ3v) is 3.53. The molecule has 0 saturated carbocycles. The lowest BCUT2D eigenvalue weighted by atomic mass is 10.2. The molecule has 19 heavy (non-hydrogen) atoms. The lowest BCUT2D eigenvalue weighted by Crippen LogP contribution is -2.21. The van der Waals surface area contributed by atoms with Crippen molar-refractivity contribution < 1.29 is 0 Å². The molecule has 0 fully saturated rings. The highest BCUT2D eigenvalue weighted by Gasteiger charge is 2.07. The van der Waals surface area contributed by atoms with Crippen LogP contribution in [0.4, 0.5) is 5.82 Å². The normalized spacial score (nSPS) is 10.4. The van der Waals surface area contributed by atoms with Gasteiger partial charge in [-0.2, -0.15) is 5.26 Å². The monoisotopic (exact) mass is 272 g/mol. The summed E-state index contributed by atoms with van der Waals surface area (Å²) in [5, 5.41) is 14.4. The Morgan fingerprint density at radius 3 is 2.84 bits per heavy atom. The number of hydrogen-bond donors (Lipinski definition) is 1. The van der Waals surface area contributed by atoms with Crippen LogP contribution in [0.1, 0.15) is 5.56 Å². The lowest BCUT2D eigenvalue weighted by Gasteiger charge is -2.12. The molecule has 0 aliphatic heterocycles. The van der Waals surface area contributed by atoms with Gasteiger partial charge < -0.3 is 10.2 Å². The minimum atomic E-state index is 0.582. The molecular formula is C14H16N4S. The van der Waals surface area contributed by atoms with E-state index in [1.165, 1.54) is 0 Å². The molecule has 0 radical (unpaired) electrons. The number of nitrogens with one attached hydrogen (secondary N) is 1. The van der Waals surface area contributed by atoms with Gasteiger partial charge in [-0.1, -0.05) is 6.07 Å². The van der Waals surface area contributed by atoms with Crippen molar-refractivity contribution in [1.82, 2.24) is 9.88 Å². The van der Waals surface area contributed by atoms with Crippen LogP contribution in [0.25, 0.3) is 10.6 Å². The zero-order chi connectivity index (χ0) is 13.7. The van der Waals surface area contributed by atoms with Gasteiger partial charge in [0.2, 0.25) is 0 Å². The zero-order valence-corrected chi connectivity index (χ0v) is 11.9. The van der Waals surface area contributed by atoms with Gasteiger partial charge in [-0.25, -0.2) is 4.98 Å². The highest BCUT2D eigenvalue weighted by molar-refractivity contribution is 7.13. The molecule has 5 heteroatoms. The second kappa shape index (κ2) is 6.32. The second-order valence-electron chi connectivity index (χ2n) is 4.41. The summed E-state index contributed by atoms with van der Waals surface area (Å²) < 4.78 is 0. The Hall–Kier alpha value is -1.90. The number of pyridine rings is 1. The molecule has 1 N–H and O–H groups in total. The van der Waals surface area contributed by atoms with E-state index in [1.54, 1.807) is 11.3 Å². The van der Waals surface area contributed by atoms with Crippen molar-refractivity contribution in [2.45, 2.75) is 0 Å². The maximum Gasteiger partial charge on any atom is 0.144 e. The van der Waals surface area contributed by atoms with Crippen LogP contribution in [0.2, 0.25) is 0 Å². The molecule has 0 spiro atoms. The summed E-state index contributed by atoms with van der Waals surface area (Å²) in [7, 11) is 4.03. The molecule has 4 nitrogen and oxygen atoms in total. The number of likely N-dealkylation sites (N-methyl/N-ethyl adjacent to an activating group) is 1. The van der Waals surface area contributed by atoms with Gasteiger partial charge >= 0.3 is 0 Å². The zero-order valence-electron chi connectivity index (χ0n) is 11.1. The van der Waals surface area contributed by atoms with E-state index in [-0.39, 0.29) is 0 Å². The number of rotatable bonds is 5. The van der Waals surface area contributed by atoms with Crippen LogP contribution in [0.5, 0.6) is 0 Å². The molecule has 0 aromatic carbocycles. The van der Waals surface area contributed by atoms with Crippen molar-refractivity contribution in [3.8, 4) is 16.6 Å². The molecule has 0 saturated heterocycles. The molecule has 0 aliphatic carbocycles. The van der Waals surface area contributed by atoms with Crippen molar-refractivity contribution in [2.75, 3.05) is 32.5 Å². The Morgan fingerprint density at radius 2 is 2.21 bits per heavy atom. The van der Waals surface area contributed by atoms with Crippen molar-refractivity contribution >= 4 is 17.2 Å². The predicted molar refractivity (Wildman–Crippen MR) is 79.3 cm³/mol. The average Bonchev–Trinajstić information content (AvgIpc) is 2.92. The number of nitriles is 1. The fraction of sp³-hybridized carbons (Fsp3) is 0.286. The summed E-state index contributed by atoms with van der Waals surface area (Å²) in [6.07, 6.45) is 0. The molecule has 2 heterocycles. The number of anilines is 1. The fourth-order valence-electron chi connectivity index (χ4n) is 1.64. The van der Waals surface area contributed by atoms with Crippen LogP contribution in [0.3, 0.4) is 0 Å². The van der Waals surface area contributed by atoms with Gasteiger partial charge in [-0.15, -0.1) is 11.3 Å². The first-order valence-corrected chi connectivity index (χ1v) is 6.92. The summed E-state index contributed by atoms with van der Waals surface area (Å²) in [6.45, 7) is 1.67. The maximum atomic E-state index is 9.11. The molecule has 0 aliphatic rings. The van der Waals surface area contributed by atoms with Gasteiger partial charge in [0, 0.05) is 13.1 Å². The number of nitrogens with zero attached hydrogens (tertiary/aromatic N) is 3. The van der Waals surface area contributed by atoms with Crippen LogP contribution in [0, 0.1) is 11.3 Å². The summed E-state index contributed by atoms with van der Waals surface area (Å²) >= 11 is 1.65. The molecular weight excluding hydrogens is 256 g/mol. The third kappa shape index (κ3) is 3.53. The predicted octanol–water partition coefficient (Wildman–Crippen LogP) is 2.66. The quantitative estimate of drug-likeness (QED) is 0.909. The minimum absolute atomic E-state index is 0.582. The van der Waals surface area contributed by atoms with E-state index in [0.717, 1.165) is 23.7 Å². The Bertz CT molecular complexity index is 570. The van der Waals surface area contributed by atoms with E-state index in [9.17, 15) is 0 Å². The molecule has 2 aromatic heterocycles. The van der Waals surface area contributed by atoms with E-state index in [2.05, 4.69) is 21.3 Å². The van der Waals surface area contributed by atoms with Crippen LogP contribution in [-0.2, 0) is 0 Å². The highest BCUT2D eigenvalue weighted by atomic mass is 32.1. The molecule has 0 unspecified atom stereocenters. The summed E-state index contributed by atoms with van der Waals surface area (Å²) in [5.41, 5.74) is 1.49. The standard InChI is InChI=1S/C14H16N4S/c1-18(2)8-7-16-14-11(10-15)5-6-12(17-14)13-4-3-9-19-13/h3-6,9H,7-8H2,1-2H3,(H,16,17). The smallest absolute Gasteiger partial charge is 0.144 e. The van der Waals surface area contributed by atoms with E-state index in [4.69, 9.17) is 5.26 Å². The molecule has 0 atom stereocenters. The Kier molecular flexibility index (Phi) is 4.50. The topological polar surface area (TPSA) is 52.0 Å². The van der Waals surface area contributed by atoms with Crippen molar-refractivity contribution in [3.05, 3.63) is 35.2 Å². The first-order valence-electron chi connectivity index (χ1n) is 6.04. The SMILES string of the molecule is CN(C)CCNc1nc(-c2cccs2)ccc1C#N. The van der Waals surface area contributed by atoms with Gasteiger partial charge in [0.25, 0.3) is 0 Å². The van der Waals surface area contributed by atoms with E-state index < -0.39 is 0 Å². The second-order valence-corrected chi connectivity index (χ2v) is 5.36. The number of aromatic nitrogens is 1.